The number of hydrogen-bond acceptors (Lipinski definition) is 1. The quantitative estimate of drug-likeness (QED) is 0.460. The third-order valence-electron chi connectivity index (χ3n) is 1.40. The SMILES string of the molecule is CCCC/C=C/C=C\CCO. The van der Waals surface area contributed by atoms with Crippen LogP contribution in [0, 0.1) is 0 Å². The van der Waals surface area contributed by atoms with Gasteiger partial charge in [-0.25, -0.2) is 0 Å². The van der Waals surface area contributed by atoms with Gasteiger partial charge in [0.1, 0.15) is 0 Å². The van der Waals surface area contributed by atoms with Gasteiger partial charge >= 0.3 is 0 Å². The van der Waals surface area contributed by atoms with E-state index in [0.717, 1.165) is 6.42 Å². The molecule has 0 atom stereocenters. The van der Waals surface area contributed by atoms with E-state index in [2.05, 4.69) is 13.0 Å². The Hall–Kier alpha value is -0.560. The van der Waals surface area contributed by atoms with Gasteiger partial charge in [0.2, 0.25) is 0 Å². The molecule has 1 heteroatoms. The summed E-state index contributed by atoms with van der Waals surface area (Å²) in [5, 5.41) is 8.43. The summed E-state index contributed by atoms with van der Waals surface area (Å²) in [6.45, 7) is 2.44. The van der Waals surface area contributed by atoms with E-state index in [1.807, 2.05) is 18.2 Å². The number of rotatable bonds is 6. The van der Waals surface area contributed by atoms with Crippen LogP contribution >= 0.6 is 0 Å². The molecule has 0 aliphatic carbocycles. The van der Waals surface area contributed by atoms with Gasteiger partial charge in [0.25, 0.3) is 0 Å². The van der Waals surface area contributed by atoms with Crippen molar-refractivity contribution in [3.05, 3.63) is 24.3 Å². The van der Waals surface area contributed by atoms with E-state index in [1.54, 1.807) is 0 Å². The summed E-state index contributed by atoms with van der Waals surface area (Å²) in [5.41, 5.74) is 0. The fraction of sp³-hybridized carbons (Fsp3) is 0.600. The molecule has 0 radical (unpaired) electrons. The smallest absolute Gasteiger partial charge is 0.0465 e. The molecule has 0 fully saturated rings. The van der Waals surface area contributed by atoms with E-state index in [-0.39, 0.29) is 6.61 Å². The van der Waals surface area contributed by atoms with Crippen LogP contribution < -0.4 is 0 Å². The highest BCUT2D eigenvalue weighted by molar-refractivity contribution is 5.02. The van der Waals surface area contributed by atoms with Crippen molar-refractivity contribution in [2.24, 2.45) is 0 Å². The first-order valence-corrected chi connectivity index (χ1v) is 4.34. The second-order valence-corrected chi connectivity index (χ2v) is 2.51. The molecule has 0 amide bonds. The maximum absolute atomic E-state index is 8.43. The predicted molar refractivity (Wildman–Crippen MR) is 49.5 cm³/mol. The highest BCUT2D eigenvalue weighted by Gasteiger charge is 1.75. The van der Waals surface area contributed by atoms with Crippen molar-refractivity contribution in [1.82, 2.24) is 0 Å². The van der Waals surface area contributed by atoms with Gasteiger partial charge in [-0.2, -0.15) is 0 Å². The lowest BCUT2D eigenvalue weighted by Crippen LogP contribution is -1.73. The van der Waals surface area contributed by atoms with Gasteiger partial charge in [-0.3, -0.25) is 0 Å². The molecule has 0 aromatic rings. The maximum Gasteiger partial charge on any atom is 0.0465 e. The second-order valence-electron chi connectivity index (χ2n) is 2.51. The van der Waals surface area contributed by atoms with Crippen molar-refractivity contribution in [2.75, 3.05) is 6.61 Å². The summed E-state index contributed by atoms with van der Waals surface area (Å²) in [6, 6.07) is 0. The zero-order valence-corrected chi connectivity index (χ0v) is 7.29. The summed E-state index contributed by atoms with van der Waals surface area (Å²) in [7, 11) is 0. The molecular weight excluding hydrogens is 136 g/mol. The Kier molecular flexibility index (Phi) is 8.96. The number of hydrogen-bond donors (Lipinski definition) is 1. The van der Waals surface area contributed by atoms with Crippen LogP contribution in [0.5, 0.6) is 0 Å². The summed E-state index contributed by atoms with van der Waals surface area (Å²) >= 11 is 0. The molecule has 0 heterocycles. The Morgan fingerprint density at radius 3 is 2.27 bits per heavy atom. The first kappa shape index (κ1) is 10.4. The third-order valence-corrected chi connectivity index (χ3v) is 1.40. The van der Waals surface area contributed by atoms with Crippen LogP contribution in [0.1, 0.15) is 32.6 Å². The predicted octanol–water partition coefficient (Wildman–Crippen LogP) is 2.67. The van der Waals surface area contributed by atoms with Crippen LogP contribution in [0.25, 0.3) is 0 Å². The van der Waals surface area contributed by atoms with Gasteiger partial charge in [-0.05, 0) is 12.8 Å². The van der Waals surface area contributed by atoms with Crippen LogP contribution in [0.4, 0.5) is 0 Å². The van der Waals surface area contributed by atoms with Gasteiger partial charge in [0.05, 0.1) is 0 Å². The molecule has 0 spiro atoms. The van der Waals surface area contributed by atoms with Gasteiger partial charge in [0.15, 0.2) is 0 Å². The zero-order valence-electron chi connectivity index (χ0n) is 7.29. The molecule has 0 saturated heterocycles. The molecule has 1 N–H and O–H groups in total. The van der Waals surface area contributed by atoms with Crippen LogP contribution in [0.3, 0.4) is 0 Å². The molecule has 64 valence electrons. The van der Waals surface area contributed by atoms with Crippen molar-refractivity contribution >= 4 is 0 Å². The monoisotopic (exact) mass is 154 g/mol. The molecular formula is C10H18O. The molecule has 0 aromatic carbocycles. The van der Waals surface area contributed by atoms with Gasteiger partial charge in [-0.15, -0.1) is 0 Å². The topological polar surface area (TPSA) is 20.2 Å². The first-order valence-electron chi connectivity index (χ1n) is 4.34. The van der Waals surface area contributed by atoms with E-state index in [4.69, 9.17) is 5.11 Å². The number of unbranched alkanes of at least 4 members (excludes halogenated alkanes) is 2. The largest absolute Gasteiger partial charge is 0.396 e. The molecule has 0 saturated carbocycles. The standard InChI is InChI=1S/C10H18O/c1-2-3-4-5-6-7-8-9-10-11/h5-8,11H,2-4,9-10H2,1H3/b6-5+,8-7-. The van der Waals surface area contributed by atoms with Crippen molar-refractivity contribution in [3.63, 3.8) is 0 Å². The minimum absolute atomic E-state index is 0.249. The van der Waals surface area contributed by atoms with Crippen LogP contribution in [-0.2, 0) is 0 Å². The molecule has 0 aliphatic heterocycles. The maximum atomic E-state index is 8.43. The van der Waals surface area contributed by atoms with E-state index in [9.17, 15) is 0 Å². The van der Waals surface area contributed by atoms with Crippen LogP contribution in [0.15, 0.2) is 24.3 Å². The number of allylic oxidation sites excluding steroid dienone is 3. The van der Waals surface area contributed by atoms with Crippen molar-refractivity contribution in [3.8, 4) is 0 Å². The summed E-state index contributed by atoms with van der Waals surface area (Å²) in [5.74, 6) is 0. The lowest BCUT2D eigenvalue weighted by Gasteiger charge is -1.85. The Morgan fingerprint density at radius 2 is 1.73 bits per heavy atom. The fourth-order valence-electron chi connectivity index (χ4n) is 0.746. The Morgan fingerprint density at radius 1 is 1.09 bits per heavy atom. The number of aliphatic hydroxyl groups excluding tert-OH is 1. The van der Waals surface area contributed by atoms with E-state index in [0.29, 0.717) is 0 Å². The molecule has 0 aromatic heterocycles. The summed E-state index contributed by atoms with van der Waals surface area (Å²) in [4.78, 5) is 0. The lowest BCUT2D eigenvalue weighted by molar-refractivity contribution is 0.302. The molecule has 1 nitrogen and oxygen atoms in total. The molecule has 0 bridgehead atoms. The number of aliphatic hydroxyl groups is 1. The third kappa shape index (κ3) is 9.44. The Bertz CT molecular complexity index is 114. The van der Waals surface area contributed by atoms with Crippen molar-refractivity contribution < 1.29 is 5.11 Å². The van der Waals surface area contributed by atoms with Gasteiger partial charge in [-0.1, -0.05) is 44.1 Å². The van der Waals surface area contributed by atoms with Crippen molar-refractivity contribution in [1.29, 1.82) is 0 Å². The lowest BCUT2D eigenvalue weighted by atomic mass is 10.2. The minimum Gasteiger partial charge on any atom is -0.396 e. The minimum atomic E-state index is 0.249. The average molecular weight is 154 g/mol. The molecule has 0 rings (SSSR count). The molecule has 11 heavy (non-hydrogen) atoms. The fourth-order valence-corrected chi connectivity index (χ4v) is 0.746. The molecule has 0 aliphatic rings. The molecule has 0 unspecified atom stereocenters. The average Bonchev–Trinajstić information content (AvgIpc) is 2.03. The Labute approximate surface area is 69.4 Å². The highest BCUT2D eigenvalue weighted by atomic mass is 16.2. The van der Waals surface area contributed by atoms with E-state index in [1.165, 1.54) is 19.3 Å². The van der Waals surface area contributed by atoms with Crippen LogP contribution in [0.2, 0.25) is 0 Å². The normalized spacial score (nSPS) is 11.8. The van der Waals surface area contributed by atoms with Crippen molar-refractivity contribution in [2.45, 2.75) is 32.6 Å². The Balaban J connectivity index is 3.14. The summed E-state index contributed by atoms with van der Waals surface area (Å²) < 4.78 is 0. The van der Waals surface area contributed by atoms with Crippen LogP contribution in [-0.4, -0.2) is 11.7 Å². The van der Waals surface area contributed by atoms with E-state index < -0.39 is 0 Å². The van der Waals surface area contributed by atoms with Gasteiger partial charge < -0.3 is 5.11 Å². The highest BCUT2D eigenvalue weighted by Crippen LogP contribution is 1.94. The van der Waals surface area contributed by atoms with Gasteiger partial charge in [0, 0.05) is 6.61 Å². The van der Waals surface area contributed by atoms with E-state index >= 15 is 0 Å². The first-order chi connectivity index (χ1) is 5.41. The summed E-state index contributed by atoms with van der Waals surface area (Å²) in [6.07, 6.45) is 12.6. The second kappa shape index (κ2) is 9.44. The zero-order chi connectivity index (χ0) is 8.36.